The number of hydrogen-bond acceptors (Lipinski definition) is 2. The molecule has 0 saturated heterocycles. The topological polar surface area (TPSA) is 24.5 Å². The molecule has 0 aromatic heterocycles. The fourth-order valence-corrected chi connectivity index (χ4v) is 1.80. The van der Waals surface area contributed by atoms with Gasteiger partial charge in [0, 0.05) is 26.7 Å². The third-order valence-electron chi connectivity index (χ3n) is 2.47. The third kappa shape index (κ3) is 5.15. The highest BCUT2D eigenvalue weighted by molar-refractivity contribution is 7.80. The van der Waals surface area contributed by atoms with Crippen molar-refractivity contribution in [3.8, 4) is 0 Å². The van der Waals surface area contributed by atoms with E-state index in [1.807, 2.05) is 18.2 Å². The normalized spacial score (nSPS) is 10.0. The van der Waals surface area contributed by atoms with Gasteiger partial charge in [0.15, 0.2) is 5.11 Å². The largest absolute Gasteiger partial charge is 0.383 e. The van der Waals surface area contributed by atoms with Gasteiger partial charge >= 0.3 is 0 Å². The van der Waals surface area contributed by atoms with Crippen LogP contribution >= 0.6 is 12.2 Å². The minimum absolute atomic E-state index is 0.670. The van der Waals surface area contributed by atoms with E-state index in [9.17, 15) is 0 Å². The van der Waals surface area contributed by atoms with Gasteiger partial charge in [-0.2, -0.15) is 0 Å². The van der Waals surface area contributed by atoms with Gasteiger partial charge in [0.2, 0.25) is 0 Å². The minimum atomic E-state index is 0.670. The molecular weight excluding hydrogens is 232 g/mol. The smallest absolute Gasteiger partial charge is 0.169 e. The Hall–Kier alpha value is -1.13. The van der Waals surface area contributed by atoms with Crippen LogP contribution in [0.25, 0.3) is 0 Å². The first-order valence-electron chi connectivity index (χ1n) is 5.83. The quantitative estimate of drug-likeness (QED) is 0.618. The summed E-state index contributed by atoms with van der Waals surface area (Å²) in [5, 5.41) is 3.97. The molecule has 0 bridgehead atoms. The summed E-state index contributed by atoms with van der Waals surface area (Å²) in [5.74, 6) is 0. The van der Waals surface area contributed by atoms with Crippen LogP contribution in [0.2, 0.25) is 0 Å². The number of hydrogen-bond donors (Lipinski definition) is 1. The van der Waals surface area contributed by atoms with E-state index in [-0.39, 0.29) is 0 Å². The van der Waals surface area contributed by atoms with Gasteiger partial charge in [0.05, 0.1) is 6.61 Å². The summed E-state index contributed by atoms with van der Waals surface area (Å²) in [6, 6.07) is 10.3. The molecule has 0 unspecified atom stereocenters. The molecule has 17 heavy (non-hydrogen) atoms. The molecular formula is C13H20N2OS. The van der Waals surface area contributed by atoms with Gasteiger partial charge in [-0.1, -0.05) is 30.3 Å². The van der Waals surface area contributed by atoms with E-state index in [4.69, 9.17) is 17.0 Å². The maximum absolute atomic E-state index is 5.35. The van der Waals surface area contributed by atoms with Crippen molar-refractivity contribution in [1.82, 2.24) is 10.2 Å². The number of nitrogens with one attached hydrogen (secondary N) is 1. The van der Waals surface area contributed by atoms with Gasteiger partial charge in [-0.15, -0.1) is 0 Å². The van der Waals surface area contributed by atoms with E-state index in [1.54, 1.807) is 7.11 Å². The molecule has 0 aliphatic heterocycles. The monoisotopic (exact) mass is 252 g/mol. The van der Waals surface area contributed by atoms with E-state index >= 15 is 0 Å². The number of nitrogens with zero attached hydrogens (tertiary/aromatic N) is 1. The first-order valence-corrected chi connectivity index (χ1v) is 6.24. The zero-order valence-corrected chi connectivity index (χ0v) is 11.3. The zero-order chi connectivity index (χ0) is 12.5. The lowest BCUT2D eigenvalue weighted by Crippen LogP contribution is -2.40. The van der Waals surface area contributed by atoms with Crippen LogP contribution in [0, 0.1) is 0 Å². The Morgan fingerprint density at radius 1 is 1.35 bits per heavy atom. The summed E-state index contributed by atoms with van der Waals surface area (Å²) in [7, 11) is 1.69. The molecule has 0 heterocycles. The summed E-state index contributed by atoms with van der Waals surface area (Å²) in [6.07, 6.45) is 0. The summed E-state index contributed by atoms with van der Waals surface area (Å²) >= 11 is 5.35. The average molecular weight is 252 g/mol. The van der Waals surface area contributed by atoms with Crippen LogP contribution in [0.15, 0.2) is 30.3 Å². The molecule has 0 fully saturated rings. The highest BCUT2D eigenvalue weighted by atomic mass is 32.1. The van der Waals surface area contributed by atoms with Crippen LogP contribution in [0.1, 0.15) is 12.5 Å². The van der Waals surface area contributed by atoms with E-state index in [2.05, 4.69) is 29.3 Å². The van der Waals surface area contributed by atoms with Crippen molar-refractivity contribution in [3.63, 3.8) is 0 Å². The Labute approximate surface area is 109 Å². The van der Waals surface area contributed by atoms with Gasteiger partial charge in [0.1, 0.15) is 0 Å². The molecule has 1 N–H and O–H groups in total. The van der Waals surface area contributed by atoms with Crippen molar-refractivity contribution in [2.24, 2.45) is 0 Å². The van der Waals surface area contributed by atoms with E-state index < -0.39 is 0 Å². The van der Waals surface area contributed by atoms with Crippen molar-refractivity contribution in [2.75, 3.05) is 26.8 Å². The van der Waals surface area contributed by atoms with E-state index in [0.29, 0.717) is 6.61 Å². The second-order valence-corrected chi connectivity index (χ2v) is 4.11. The summed E-state index contributed by atoms with van der Waals surface area (Å²) in [6.45, 7) is 5.26. The second kappa shape index (κ2) is 8.03. The number of methoxy groups -OCH3 is 1. The maximum atomic E-state index is 5.35. The molecule has 94 valence electrons. The van der Waals surface area contributed by atoms with Gasteiger partial charge in [-0.3, -0.25) is 0 Å². The van der Waals surface area contributed by atoms with Crippen molar-refractivity contribution >= 4 is 17.3 Å². The SMILES string of the molecule is CCN(Cc1ccccc1)C(=S)NCCOC. The van der Waals surface area contributed by atoms with E-state index in [0.717, 1.165) is 24.7 Å². The van der Waals surface area contributed by atoms with Crippen molar-refractivity contribution < 1.29 is 4.74 Å². The summed E-state index contributed by atoms with van der Waals surface area (Å²) < 4.78 is 4.98. The van der Waals surface area contributed by atoms with Crippen molar-refractivity contribution in [1.29, 1.82) is 0 Å². The lowest BCUT2D eigenvalue weighted by Gasteiger charge is -2.24. The lowest BCUT2D eigenvalue weighted by atomic mass is 10.2. The highest BCUT2D eigenvalue weighted by Gasteiger charge is 2.07. The minimum Gasteiger partial charge on any atom is -0.383 e. The van der Waals surface area contributed by atoms with E-state index in [1.165, 1.54) is 5.56 Å². The summed E-state index contributed by atoms with van der Waals surface area (Å²) in [4.78, 5) is 2.14. The molecule has 0 saturated carbocycles. The number of thiocarbonyl (C=S) groups is 1. The van der Waals surface area contributed by atoms with Crippen LogP contribution in [-0.4, -0.2) is 36.8 Å². The van der Waals surface area contributed by atoms with Crippen LogP contribution < -0.4 is 5.32 Å². The Morgan fingerprint density at radius 3 is 2.65 bits per heavy atom. The molecule has 1 rings (SSSR count). The van der Waals surface area contributed by atoms with Gasteiger partial charge in [-0.05, 0) is 24.7 Å². The first-order chi connectivity index (χ1) is 8.27. The van der Waals surface area contributed by atoms with Crippen molar-refractivity contribution in [2.45, 2.75) is 13.5 Å². The van der Waals surface area contributed by atoms with Crippen molar-refractivity contribution in [3.05, 3.63) is 35.9 Å². The number of benzene rings is 1. The molecule has 0 aliphatic carbocycles. The predicted molar refractivity (Wildman–Crippen MR) is 75.0 cm³/mol. The van der Waals surface area contributed by atoms with Crippen LogP contribution in [0.4, 0.5) is 0 Å². The fourth-order valence-electron chi connectivity index (χ4n) is 1.50. The molecule has 0 atom stereocenters. The van der Waals surface area contributed by atoms with Crippen LogP contribution in [-0.2, 0) is 11.3 Å². The Morgan fingerprint density at radius 2 is 2.06 bits per heavy atom. The molecule has 1 aromatic rings. The molecule has 4 heteroatoms. The van der Waals surface area contributed by atoms with Gasteiger partial charge in [0.25, 0.3) is 0 Å². The zero-order valence-electron chi connectivity index (χ0n) is 10.5. The molecule has 3 nitrogen and oxygen atoms in total. The Kier molecular flexibility index (Phi) is 6.58. The number of ether oxygens (including phenoxy) is 1. The molecule has 1 aromatic carbocycles. The lowest BCUT2D eigenvalue weighted by molar-refractivity contribution is 0.203. The standard InChI is InChI=1S/C13H20N2OS/c1-3-15(13(17)14-9-10-16-2)11-12-7-5-4-6-8-12/h4-8H,3,9-11H2,1-2H3,(H,14,17). The molecule has 0 radical (unpaired) electrons. The first kappa shape index (κ1) is 13.9. The van der Waals surface area contributed by atoms with Gasteiger partial charge < -0.3 is 15.0 Å². The van der Waals surface area contributed by atoms with Crippen LogP contribution in [0.3, 0.4) is 0 Å². The second-order valence-electron chi connectivity index (χ2n) is 3.72. The average Bonchev–Trinajstić information content (AvgIpc) is 2.37. The fraction of sp³-hybridized carbons (Fsp3) is 0.462. The van der Waals surface area contributed by atoms with Crippen LogP contribution in [0.5, 0.6) is 0 Å². The maximum Gasteiger partial charge on any atom is 0.169 e. The molecule has 0 spiro atoms. The molecule has 0 aliphatic rings. The predicted octanol–water partition coefficient (Wildman–Crippen LogP) is 2.03. The third-order valence-corrected chi connectivity index (χ3v) is 2.87. The molecule has 0 amide bonds. The van der Waals surface area contributed by atoms with Gasteiger partial charge in [-0.25, -0.2) is 0 Å². The number of rotatable bonds is 6. The Bertz CT molecular complexity index is 329. The Balaban J connectivity index is 2.45. The summed E-state index contributed by atoms with van der Waals surface area (Å²) in [5.41, 5.74) is 1.27. The highest BCUT2D eigenvalue weighted by Crippen LogP contribution is 2.04.